The van der Waals surface area contributed by atoms with Crippen molar-refractivity contribution in [1.82, 2.24) is 0 Å². The van der Waals surface area contributed by atoms with Crippen LogP contribution in [0.2, 0.25) is 0 Å². The maximum Gasteiger partial charge on any atom is 0.123 e. The van der Waals surface area contributed by atoms with Crippen molar-refractivity contribution in [2.45, 2.75) is 13.5 Å². The predicted molar refractivity (Wildman–Crippen MR) is 80.7 cm³/mol. The van der Waals surface area contributed by atoms with Crippen LogP contribution in [0, 0.1) is 18.2 Å². The fourth-order valence-electron chi connectivity index (χ4n) is 2.09. The minimum atomic E-state index is -0.215. The Labute approximate surface area is 118 Å². The van der Waals surface area contributed by atoms with Crippen LogP contribution in [-0.2, 0) is 6.54 Å². The Morgan fingerprint density at radius 2 is 2.00 bits per heavy atom. The molecule has 0 fully saturated rings. The maximum atomic E-state index is 13.1. The fourth-order valence-corrected chi connectivity index (χ4v) is 2.09. The molecule has 20 heavy (non-hydrogen) atoms. The van der Waals surface area contributed by atoms with Crippen molar-refractivity contribution in [3.63, 3.8) is 0 Å². The molecule has 2 aromatic carbocycles. The number of halogens is 1. The van der Waals surface area contributed by atoms with E-state index in [4.69, 9.17) is 11.1 Å². The Morgan fingerprint density at radius 1 is 1.25 bits per heavy atom. The van der Waals surface area contributed by atoms with E-state index >= 15 is 0 Å². The smallest absolute Gasteiger partial charge is 0.123 e. The van der Waals surface area contributed by atoms with Gasteiger partial charge < -0.3 is 10.6 Å². The molecular formula is C16H18FN3. The summed E-state index contributed by atoms with van der Waals surface area (Å²) >= 11 is 0. The van der Waals surface area contributed by atoms with Gasteiger partial charge in [-0.15, -0.1) is 0 Å². The summed E-state index contributed by atoms with van der Waals surface area (Å²) in [5.74, 6) is -0.161. The van der Waals surface area contributed by atoms with Crippen molar-refractivity contribution >= 4 is 11.5 Å². The average molecular weight is 271 g/mol. The van der Waals surface area contributed by atoms with E-state index in [1.807, 2.05) is 43.1 Å². The lowest BCUT2D eigenvalue weighted by molar-refractivity contribution is 0.625. The molecule has 2 aromatic rings. The maximum absolute atomic E-state index is 13.1. The zero-order valence-electron chi connectivity index (χ0n) is 11.7. The van der Waals surface area contributed by atoms with E-state index in [2.05, 4.69) is 0 Å². The summed E-state index contributed by atoms with van der Waals surface area (Å²) in [6, 6.07) is 12.3. The first-order chi connectivity index (χ1) is 9.47. The normalized spacial score (nSPS) is 10.3. The van der Waals surface area contributed by atoms with Gasteiger partial charge in [-0.25, -0.2) is 4.39 Å². The van der Waals surface area contributed by atoms with E-state index in [1.165, 1.54) is 12.1 Å². The van der Waals surface area contributed by atoms with Gasteiger partial charge in [0, 0.05) is 24.8 Å². The topological polar surface area (TPSA) is 53.1 Å². The highest BCUT2D eigenvalue weighted by molar-refractivity contribution is 5.95. The van der Waals surface area contributed by atoms with Crippen molar-refractivity contribution in [2.75, 3.05) is 11.9 Å². The van der Waals surface area contributed by atoms with Gasteiger partial charge in [-0.1, -0.05) is 18.2 Å². The Balaban J connectivity index is 2.21. The van der Waals surface area contributed by atoms with E-state index in [-0.39, 0.29) is 11.7 Å². The largest absolute Gasteiger partial charge is 0.384 e. The number of amidine groups is 1. The van der Waals surface area contributed by atoms with Gasteiger partial charge in [0.1, 0.15) is 11.7 Å². The molecule has 0 aliphatic rings. The van der Waals surface area contributed by atoms with Gasteiger partial charge in [0.25, 0.3) is 0 Å². The third-order valence-corrected chi connectivity index (χ3v) is 3.31. The van der Waals surface area contributed by atoms with E-state index in [0.29, 0.717) is 12.1 Å². The molecule has 0 bridgehead atoms. The number of hydrogen-bond donors (Lipinski definition) is 2. The minimum absolute atomic E-state index is 0.0539. The Morgan fingerprint density at radius 3 is 2.65 bits per heavy atom. The number of aryl methyl sites for hydroxylation is 1. The summed E-state index contributed by atoms with van der Waals surface area (Å²) in [6.07, 6.45) is 0. The van der Waals surface area contributed by atoms with Gasteiger partial charge in [-0.05, 0) is 42.3 Å². The summed E-state index contributed by atoms with van der Waals surface area (Å²) in [5, 5.41) is 7.47. The zero-order valence-corrected chi connectivity index (χ0v) is 11.7. The van der Waals surface area contributed by atoms with E-state index in [9.17, 15) is 4.39 Å². The molecule has 0 radical (unpaired) electrons. The first-order valence-electron chi connectivity index (χ1n) is 6.38. The molecule has 0 aliphatic heterocycles. The molecular weight excluding hydrogens is 253 g/mol. The van der Waals surface area contributed by atoms with E-state index in [0.717, 1.165) is 16.8 Å². The summed E-state index contributed by atoms with van der Waals surface area (Å²) < 4.78 is 13.1. The molecule has 0 atom stereocenters. The third-order valence-electron chi connectivity index (χ3n) is 3.31. The van der Waals surface area contributed by atoms with Crippen LogP contribution >= 0.6 is 0 Å². The lowest BCUT2D eigenvalue weighted by atomic mass is 10.1. The predicted octanol–water partition coefficient (Wildman–Crippen LogP) is 3.05. The second kappa shape index (κ2) is 5.74. The average Bonchev–Trinajstić information content (AvgIpc) is 2.42. The van der Waals surface area contributed by atoms with Crippen LogP contribution in [0.15, 0.2) is 42.5 Å². The number of benzene rings is 2. The van der Waals surface area contributed by atoms with Crippen LogP contribution in [0.1, 0.15) is 16.7 Å². The molecule has 0 unspecified atom stereocenters. The van der Waals surface area contributed by atoms with Gasteiger partial charge in [-0.3, -0.25) is 5.41 Å². The van der Waals surface area contributed by atoms with Crippen LogP contribution in [0.3, 0.4) is 0 Å². The zero-order chi connectivity index (χ0) is 14.7. The third kappa shape index (κ3) is 3.15. The lowest BCUT2D eigenvalue weighted by Crippen LogP contribution is -2.18. The quantitative estimate of drug-likeness (QED) is 0.663. The Kier molecular flexibility index (Phi) is 4.03. The summed E-state index contributed by atoms with van der Waals surface area (Å²) in [5.41, 5.74) is 9.17. The van der Waals surface area contributed by atoms with Crippen molar-refractivity contribution in [3.8, 4) is 0 Å². The monoisotopic (exact) mass is 271 g/mol. The van der Waals surface area contributed by atoms with Crippen LogP contribution in [0.5, 0.6) is 0 Å². The molecule has 0 heterocycles. The summed E-state index contributed by atoms with van der Waals surface area (Å²) in [7, 11) is 1.96. The van der Waals surface area contributed by atoms with Crippen molar-refractivity contribution in [3.05, 3.63) is 65.0 Å². The van der Waals surface area contributed by atoms with Crippen molar-refractivity contribution in [1.29, 1.82) is 5.41 Å². The lowest BCUT2D eigenvalue weighted by Gasteiger charge is -2.21. The second-order valence-electron chi connectivity index (χ2n) is 4.89. The van der Waals surface area contributed by atoms with Crippen molar-refractivity contribution < 1.29 is 4.39 Å². The van der Waals surface area contributed by atoms with Gasteiger partial charge in [0.2, 0.25) is 0 Å². The molecule has 0 spiro atoms. The Bertz CT molecular complexity index is 637. The SMILES string of the molecule is Cc1cc(F)ccc1CN(C)c1cccc(C(=N)N)c1. The summed E-state index contributed by atoms with van der Waals surface area (Å²) in [6.45, 7) is 2.58. The molecule has 0 aromatic heterocycles. The second-order valence-corrected chi connectivity index (χ2v) is 4.89. The number of nitrogen functional groups attached to an aromatic ring is 1. The van der Waals surface area contributed by atoms with Crippen molar-refractivity contribution in [2.24, 2.45) is 5.73 Å². The Hall–Kier alpha value is -2.36. The van der Waals surface area contributed by atoms with Gasteiger partial charge in [0.15, 0.2) is 0 Å². The molecule has 0 amide bonds. The van der Waals surface area contributed by atoms with E-state index < -0.39 is 0 Å². The number of hydrogen-bond acceptors (Lipinski definition) is 2. The minimum Gasteiger partial charge on any atom is -0.384 e. The highest BCUT2D eigenvalue weighted by Gasteiger charge is 2.07. The molecule has 104 valence electrons. The number of nitrogens with one attached hydrogen (secondary N) is 1. The molecule has 0 aliphatic carbocycles. The van der Waals surface area contributed by atoms with Gasteiger partial charge in [0.05, 0.1) is 0 Å². The van der Waals surface area contributed by atoms with Gasteiger partial charge >= 0.3 is 0 Å². The number of anilines is 1. The number of nitrogens with two attached hydrogens (primary N) is 1. The fraction of sp³-hybridized carbons (Fsp3) is 0.188. The van der Waals surface area contributed by atoms with Gasteiger partial charge in [-0.2, -0.15) is 0 Å². The van der Waals surface area contributed by atoms with Crippen LogP contribution < -0.4 is 10.6 Å². The molecule has 2 rings (SSSR count). The molecule has 4 heteroatoms. The number of nitrogens with zero attached hydrogens (tertiary/aromatic N) is 1. The first-order valence-corrected chi connectivity index (χ1v) is 6.38. The van der Waals surface area contributed by atoms with E-state index in [1.54, 1.807) is 6.07 Å². The first kappa shape index (κ1) is 14.1. The standard InChI is InChI=1S/C16H18FN3/c1-11-8-14(17)7-6-13(11)10-20(2)15-5-3-4-12(9-15)16(18)19/h3-9H,10H2,1-2H3,(H3,18,19). The molecule has 0 saturated carbocycles. The van der Waals surface area contributed by atoms with Crippen LogP contribution in [0.4, 0.5) is 10.1 Å². The number of rotatable bonds is 4. The van der Waals surface area contributed by atoms with Crippen LogP contribution in [-0.4, -0.2) is 12.9 Å². The highest BCUT2D eigenvalue weighted by Crippen LogP contribution is 2.19. The molecule has 3 N–H and O–H groups in total. The highest BCUT2D eigenvalue weighted by atomic mass is 19.1. The van der Waals surface area contributed by atoms with Crippen LogP contribution in [0.25, 0.3) is 0 Å². The molecule has 3 nitrogen and oxygen atoms in total. The molecule has 0 saturated heterocycles. The summed E-state index contributed by atoms with van der Waals surface area (Å²) in [4.78, 5) is 2.05.